The SMILES string of the molecule is CCNC(=O)NC(=O)[C@H](C)Nc1ccc(C)c(S(=O)(=O)Nc2cccc(C(F)(F)F)c2)c1. The van der Waals surface area contributed by atoms with Gasteiger partial charge in [0, 0.05) is 17.9 Å². The first kappa shape index (κ1) is 25.0. The summed E-state index contributed by atoms with van der Waals surface area (Å²) >= 11 is 0. The summed E-state index contributed by atoms with van der Waals surface area (Å²) in [7, 11) is -4.23. The van der Waals surface area contributed by atoms with Crippen molar-refractivity contribution in [1.29, 1.82) is 0 Å². The minimum atomic E-state index is -4.62. The molecule has 0 bridgehead atoms. The summed E-state index contributed by atoms with van der Waals surface area (Å²) < 4.78 is 66.5. The zero-order valence-electron chi connectivity index (χ0n) is 17.5. The lowest BCUT2D eigenvalue weighted by atomic mass is 10.2. The molecule has 0 spiro atoms. The smallest absolute Gasteiger partial charge is 0.374 e. The number of carbonyl (C=O) groups is 2. The van der Waals surface area contributed by atoms with E-state index in [-0.39, 0.29) is 16.3 Å². The van der Waals surface area contributed by atoms with Crippen molar-refractivity contribution in [2.45, 2.75) is 37.9 Å². The Hall–Kier alpha value is -3.28. The highest BCUT2D eigenvalue weighted by atomic mass is 32.2. The summed E-state index contributed by atoms with van der Waals surface area (Å²) in [6.07, 6.45) is -4.62. The molecular weight excluding hydrogens is 449 g/mol. The maximum absolute atomic E-state index is 12.9. The van der Waals surface area contributed by atoms with Crippen LogP contribution in [0.2, 0.25) is 0 Å². The van der Waals surface area contributed by atoms with Crippen LogP contribution >= 0.6 is 0 Å². The standard InChI is InChI=1S/C20H23F3N4O4S/c1-4-24-19(29)26-18(28)13(3)25-15-9-8-12(2)17(11-15)32(30,31)27-16-7-5-6-14(10-16)20(21,22)23/h5-11,13,25,27H,4H2,1-3H3,(H2,24,26,28,29)/t13-/m0/s1. The van der Waals surface area contributed by atoms with Crippen molar-refractivity contribution in [2.24, 2.45) is 0 Å². The van der Waals surface area contributed by atoms with E-state index in [0.717, 1.165) is 12.1 Å². The highest BCUT2D eigenvalue weighted by Crippen LogP contribution is 2.31. The second-order valence-electron chi connectivity index (χ2n) is 6.88. The summed E-state index contributed by atoms with van der Waals surface area (Å²) in [6, 6.07) is 6.56. The van der Waals surface area contributed by atoms with E-state index < -0.39 is 39.7 Å². The lowest BCUT2D eigenvalue weighted by Gasteiger charge is -2.17. The average molecular weight is 472 g/mol. The van der Waals surface area contributed by atoms with E-state index in [4.69, 9.17) is 0 Å². The van der Waals surface area contributed by atoms with Crippen LogP contribution in [-0.4, -0.2) is 32.9 Å². The van der Waals surface area contributed by atoms with Gasteiger partial charge in [-0.15, -0.1) is 0 Å². The fourth-order valence-electron chi connectivity index (χ4n) is 2.69. The molecule has 0 aliphatic heterocycles. The molecule has 0 aromatic heterocycles. The van der Waals surface area contributed by atoms with Gasteiger partial charge in [0.15, 0.2) is 0 Å². The average Bonchev–Trinajstić information content (AvgIpc) is 2.68. The van der Waals surface area contributed by atoms with Crippen molar-refractivity contribution in [3.05, 3.63) is 53.6 Å². The molecule has 8 nitrogen and oxygen atoms in total. The number of hydrogen-bond donors (Lipinski definition) is 4. The molecule has 0 heterocycles. The van der Waals surface area contributed by atoms with Gasteiger partial charge in [0.25, 0.3) is 10.0 Å². The molecule has 1 atom stereocenters. The molecular formula is C20H23F3N4O4S. The monoisotopic (exact) mass is 472 g/mol. The van der Waals surface area contributed by atoms with Crippen LogP contribution in [0.25, 0.3) is 0 Å². The Bertz CT molecular complexity index is 1100. The van der Waals surface area contributed by atoms with Crippen LogP contribution in [0.5, 0.6) is 0 Å². The Kier molecular flexibility index (Phi) is 7.73. The molecule has 2 rings (SSSR count). The predicted octanol–water partition coefficient (Wildman–Crippen LogP) is 3.46. The maximum atomic E-state index is 12.9. The van der Waals surface area contributed by atoms with Crippen LogP contribution in [-0.2, 0) is 21.0 Å². The number of hydrogen-bond acceptors (Lipinski definition) is 5. The van der Waals surface area contributed by atoms with E-state index in [1.54, 1.807) is 6.92 Å². The van der Waals surface area contributed by atoms with Crippen LogP contribution in [0.3, 0.4) is 0 Å². The van der Waals surface area contributed by atoms with E-state index in [2.05, 4.69) is 20.7 Å². The fraction of sp³-hybridized carbons (Fsp3) is 0.300. The Morgan fingerprint density at radius 2 is 1.75 bits per heavy atom. The number of amides is 3. The first-order valence-electron chi connectivity index (χ1n) is 9.49. The second-order valence-corrected chi connectivity index (χ2v) is 8.53. The summed E-state index contributed by atoms with van der Waals surface area (Å²) in [5.41, 5.74) is -0.628. The van der Waals surface area contributed by atoms with Gasteiger partial charge < -0.3 is 10.6 Å². The number of urea groups is 1. The number of rotatable bonds is 7. The van der Waals surface area contributed by atoms with Crippen LogP contribution in [0.15, 0.2) is 47.4 Å². The molecule has 4 N–H and O–H groups in total. The first-order valence-corrected chi connectivity index (χ1v) is 11.0. The topological polar surface area (TPSA) is 116 Å². The summed E-state index contributed by atoms with van der Waals surface area (Å²) in [5.74, 6) is -0.636. The molecule has 0 saturated carbocycles. The van der Waals surface area contributed by atoms with Gasteiger partial charge in [-0.05, 0) is 56.7 Å². The molecule has 32 heavy (non-hydrogen) atoms. The number of alkyl halides is 3. The van der Waals surface area contributed by atoms with Gasteiger partial charge in [0.05, 0.1) is 10.5 Å². The number of anilines is 2. The summed E-state index contributed by atoms with van der Waals surface area (Å²) in [4.78, 5) is 23.4. The molecule has 0 saturated heterocycles. The maximum Gasteiger partial charge on any atom is 0.416 e. The van der Waals surface area contributed by atoms with Crippen molar-refractivity contribution >= 4 is 33.3 Å². The van der Waals surface area contributed by atoms with Gasteiger partial charge in [0.2, 0.25) is 5.91 Å². The Balaban J connectivity index is 2.22. The fourth-order valence-corrected chi connectivity index (χ4v) is 4.01. The number of halogens is 3. The van der Waals surface area contributed by atoms with Crippen molar-refractivity contribution in [1.82, 2.24) is 10.6 Å². The van der Waals surface area contributed by atoms with Crippen LogP contribution in [0.4, 0.5) is 29.3 Å². The lowest BCUT2D eigenvalue weighted by molar-refractivity contribution is -0.137. The van der Waals surface area contributed by atoms with Crippen LogP contribution in [0.1, 0.15) is 25.0 Å². The highest BCUT2D eigenvalue weighted by molar-refractivity contribution is 7.92. The molecule has 0 aliphatic rings. The zero-order chi connectivity index (χ0) is 24.1. The van der Waals surface area contributed by atoms with Gasteiger partial charge in [-0.1, -0.05) is 12.1 Å². The molecule has 0 aliphatic carbocycles. The normalized spacial score (nSPS) is 12.6. The summed E-state index contributed by atoms with van der Waals surface area (Å²) in [6.45, 7) is 5.02. The van der Waals surface area contributed by atoms with Crippen molar-refractivity contribution < 1.29 is 31.2 Å². The highest BCUT2D eigenvalue weighted by Gasteiger charge is 2.31. The molecule has 0 radical (unpaired) electrons. The van der Waals surface area contributed by atoms with Crippen LogP contribution < -0.4 is 20.7 Å². The first-order chi connectivity index (χ1) is 14.8. The third kappa shape index (κ3) is 6.61. The van der Waals surface area contributed by atoms with E-state index in [1.165, 1.54) is 38.1 Å². The van der Waals surface area contributed by atoms with E-state index in [9.17, 15) is 31.2 Å². The zero-order valence-corrected chi connectivity index (χ0v) is 18.3. The minimum absolute atomic E-state index is 0.184. The molecule has 174 valence electrons. The third-order valence-electron chi connectivity index (χ3n) is 4.27. The van der Waals surface area contributed by atoms with Crippen molar-refractivity contribution in [3.8, 4) is 0 Å². The van der Waals surface area contributed by atoms with Gasteiger partial charge in [-0.2, -0.15) is 13.2 Å². The molecule has 12 heteroatoms. The third-order valence-corrected chi connectivity index (χ3v) is 5.79. The van der Waals surface area contributed by atoms with Crippen molar-refractivity contribution in [3.63, 3.8) is 0 Å². The Morgan fingerprint density at radius 1 is 1.06 bits per heavy atom. The number of sulfonamides is 1. The van der Waals surface area contributed by atoms with E-state index in [0.29, 0.717) is 18.2 Å². The summed E-state index contributed by atoms with van der Waals surface area (Å²) in [5, 5.41) is 7.33. The lowest BCUT2D eigenvalue weighted by Crippen LogP contribution is -2.45. The molecule has 2 aromatic rings. The molecule has 0 fully saturated rings. The van der Waals surface area contributed by atoms with E-state index >= 15 is 0 Å². The second kappa shape index (κ2) is 9.90. The largest absolute Gasteiger partial charge is 0.416 e. The van der Waals surface area contributed by atoms with Gasteiger partial charge in [-0.25, -0.2) is 13.2 Å². The van der Waals surface area contributed by atoms with Crippen molar-refractivity contribution in [2.75, 3.05) is 16.6 Å². The minimum Gasteiger partial charge on any atom is -0.374 e. The number of imide groups is 1. The Labute approximate surface area is 183 Å². The molecule has 3 amide bonds. The van der Waals surface area contributed by atoms with E-state index in [1.807, 2.05) is 0 Å². The molecule has 2 aromatic carbocycles. The van der Waals surface area contributed by atoms with Crippen LogP contribution in [0, 0.1) is 6.92 Å². The predicted molar refractivity (Wildman–Crippen MR) is 114 cm³/mol. The quantitative estimate of drug-likeness (QED) is 0.493. The number of carbonyl (C=O) groups excluding carboxylic acids is 2. The molecule has 0 unspecified atom stereocenters. The number of aryl methyl sites for hydroxylation is 1. The van der Waals surface area contributed by atoms with Gasteiger partial charge in [0.1, 0.15) is 6.04 Å². The Morgan fingerprint density at radius 3 is 2.38 bits per heavy atom. The number of nitrogens with one attached hydrogen (secondary N) is 4. The van der Waals surface area contributed by atoms with Gasteiger partial charge >= 0.3 is 12.2 Å². The van der Waals surface area contributed by atoms with Gasteiger partial charge in [-0.3, -0.25) is 14.8 Å². The number of benzene rings is 2.